The number of likely N-dealkylation sites (N-methyl/N-ethyl adjacent to an activating group) is 1. The van der Waals surface area contributed by atoms with Crippen LogP contribution in [0.25, 0.3) is 0 Å². The van der Waals surface area contributed by atoms with E-state index in [1.807, 2.05) is 18.9 Å². The van der Waals surface area contributed by atoms with Crippen LogP contribution < -0.4 is 0 Å². The van der Waals surface area contributed by atoms with Crippen LogP contribution in [0.5, 0.6) is 0 Å². The Balaban J connectivity index is 2.50. The Hall–Kier alpha value is -0.610. The van der Waals surface area contributed by atoms with Crippen LogP contribution >= 0.6 is 0 Å². The molecule has 1 N–H and O–H groups in total. The van der Waals surface area contributed by atoms with Crippen molar-refractivity contribution in [3.63, 3.8) is 0 Å². The summed E-state index contributed by atoms with van der Waals surface area (Å²) in [5.41, 5.74) is 0. The molecule has 0 aromatic heterocycles. The van der Waals surface area contributed by atoms with Crippen molar-refractivity contribution in [3.05, 3.63) is 0 Å². The first-order valence-electron chi connectivity index (χ1n) is 5.08. The highest BCUT2D eigenvalue weighted by atomic mass is 16.5. The summed E-state index contributed by atoms with van der Waals surface area (Å²) in [5.74, 6) is -0.758. The van der Waals surface area contributed by atoms with Gasteiger partial charge in [0.25, 0.3) is 0 Å². The number of hydrogen-bond donors (Lipinski definition) is 1. The van der Waals surface area contributed by atoms with Crippen molar-refractivity contribution >= 4 is 5.97 Å². The van der Waals surface area contributed by atoms with Gasteiger partial charge in [0.15, 0.2) is 0 Å². The van der Waals surface area contributed by atoms with Crippen molar-refractivity contribution in [2.75, 3.05) is 13.7 Å². The summed E-state index contributed by atoms with van der Waals surface area (Å²) in [4.78, 5) is 12.7. The number of carboxylic acid groups (broad SMARTS) is 1. The summed E-state index contributed by atoms with van der Waals surface area (Å²) in [6, 6.07) is -0.0739. The van der Waals surface area contributed by atoms with Gasteiger partial charge in [0.1, 0.15) is 6.04 Å². The molecule has 0 radical (unpaired) electrons. The molecule has 0 aromatic rings. The molecule has 1 rings (SSSR count). The lowest BCUT2D eigenvalue weighted by molar-refractivity contribution is -0.144. The van der Waals surface area contributed by atoms with Crippen LogP contribution in [0, 0.1) is 0 Å². The van der Waals surface area contributed by atoms with Gasteiger partial charge >= 0.3 is 5.97 Å². The minimum absolute atomic E-state index is 0.247. The van der Waals surface area contributed by atoms with Crippen LogP contribution in [-0.2, 0) is 9.53 Å². The van der Waals surface area contributed by atoms with Gasteiger partial charge < -0.3 is 9.84 Å². The number of rotatable bonds is 3. The molecule has 1 heterocycles. The van der Waals surface area contributed by atoms with Crippen LogP contribution in [0.15, 0.2) is 0 Å². The molecular formula is C10H19NO3. The van der Waals surface area contributed by atoms with Crippen LogP contribution in [0.3, 0.4) is 0 Å². The number of ether oxygens (including phenoxy) is 1. The first-order chi connectivity index (χ1) is 6.52. The lowest BCUT2D eigenvalue weighted by atomic mass is 10.0. The Bertz CT molecular complexity index is 208. The van der Waals surface area contributed by atoms with Gasteiger partial charge in [-0.05, 0) is 33.7 Å². The number of aliphatic carboxylic acids is 1. The lowest BCUT2D eigenvalue weighted by Gasteiger charge is -2.36. The molecular weight excluding hydrogens is 182 g/mol. The van der Waals surface area contributed by atoms with Gasteiger partial charge in [-0.2, -0.15) is 0 Å². The Labute approximate surface area is 84.8 Å². The van der Waals surface area contributed by atoms with Gasteiger partial charge in [0.2, 0.25) is 0 Å². The molecule has 0 spiro atoms. The van der Waals surface area contributed by atoms with E-state index in [0.717, 1.165) is 19.4 Å². The molecule has 0 bridgehead atoms. The van der Waals surface area contributed by atoms with Gasteiger partial charge in [-0.1, -0.05) is 0 Å². The second kappa shape index (κ2) is 4.75. The highest BCUT2D eigenvalue weighted by Gasteiger charge is 2.28. The summed E-state index contributed by atoms with van der Waals surface area (Å²) >= 11 is 0. The average molecular weight is 201 g/mol. The maximum Gasteiger partial charge on any atom is 0.320 e. The standard InChI is InChI=1S/C10H19NO3/c1-7-6-9(4-5-14-7)11(3)8(2)10(12)13/h7-9H,4-6H2,1-3H3,(H,12,13). The van der Waals surface area contributed by atoms with Gasteiger partial charge in [-0.3, -0.25) is 9.69 Å². The molecule has 1 saturated heterocycles. The third-order valence-electron chi connectivity index (χ3n) is 3.00. The normalized spacial score (nSPS) is 30.3. The van der Waals surface area contributed by atoms with E-state index in [1.54, 1.807) is 6.92 Å². The minimum atomic E-state index is -0.758. The van der Waals surface area contributed by atoms with Crippen LogP contribution in [0.1, 0.15) is 26.7 Å². The van der Waals surface area contributed by atoms with E-state index in [1.165, 1.54) is 0 Å². The summed E-state index contributed by atoms with van der Waals surface area (Å²) < 4.78 is 5.42. The molecule has 4 heteroatoms. The summed E-state index contributed by atoms with van der Waals surface area (Å²) in [7, 11) is 1.88. The third kappa shape index (κ3) is 2.69. The van der Waals surface area contributed by atoms with Crippen molar-refractivity contribution < 1.29 is 14.6 Å². The Morgan fingerprint density at radius 2 is 2.29 bits per heavy atom. The predicted molar refractivity (Wildman–Crippen MR) is 53.3 cm³/mol. The molecule has 0 saturated carbocycles. The molecule has 1 aliphatic rings. The van der Waals surface area contributed by atoms with E-state index >= 15 is 0 Å². The SMILES string of the molecule is CC1CC(N(C)C(C)C(=O)O)CCO1. The number of hydrogen-bond acceptors (Lipinski definition) is 3. The van der Waals surface area contributed by atoms with Gasteiger partial charge in [0.05, 0.1) is 6.10 Å². The predicted octanol–water partition coefficient (Wildman–Crippen LogP) is 0.959. The first-order valence-corrected chi connectivity index (χ1v) is 5.08. The molecule has 82 valence electrons. The number of carbonyl (C=O) groups is 1. The Kier molecular flexibility index (Phi) is 3.89. The highest BCUT2D eigenvalue weighted by molar-refractivity contribution is 5.72. The second-order valence-corrected chi connectivity index (χ2v) is 4.04. The van der Waals surface area contributed by atoms with Gasteiger partial charge in [-0.15, -0.1) is 0 Å². The van der Waals surface area contributed by atoms with Crippen molar-refractivity contribution in [3.8, 4) is 0 Å². The van der Waals surface area contributed by atoms with Crippen LogP contribution in [-0.4, -0.2) is 47.8 Å². The summed E-state index contributed by atoms with van der Waals surface area (Å²) in [5, 5.41) is 8.88. The minimum Gasteiger partial charge on any atom is -0.480 e. The quantitative estimate of drug-likeness (QED) is 0.739. The molecule has 14 heavy (non-hydrogen) atoms. The number of carboxylic acids is 1. The van der Waals surface area contributed by atoms with Crippen molar-refractivity contribution in [2.45, 2.75) is 44.9 Å². The van der Waals surface area contributed by atoms with Crippen LogP contribution in [0.2, 0.25) is 0 Å². The highest BCUT2D eigenvalue weighted by Crippen LogP contribution is 2.19. The molecule has 3 unspecified atom stereocenters. The van der Waals surface area contributed by atoms with Crippen molar-refractivity contribution in [1.29, 1.82) is 0 Å². The van der Waals surface area contributed by atoms with Gasteiger partial charge in [0, 0.05) is 12.6 Å². The summed E-state index contributed by atoms with van der Waals surface area (Å²) in [6.45, 7) is 4.50. The summed E-state index contributed by atoms with van der Waals surface area (Å²) in [6.07, 6.45) is 2.10. The fourth-order valence-corrected chi connectivity index (χ4v) is 1.83. The zero-order chi connectivity index (χ0) is 10.7. The monoisotopic (exact) mass is 201 g/mol. The maximum atomic E-state index is 10.8. The van der Waals surface area contributed by atoms with Gasteiger partial charge in [-0.25, -0.2) is 0 Å². The van der Waals surface area contributed by atoms with E-state index in [-0.39, 0.29) is 6.10 Å². The van der Waals surface area contributed by atoms with E-state index < -0.39 is 12.0 Å². The van der Waals surface area contributed by atoms with Crippen LogP contribution in [0.4, 0.5) is 0 Å². The van der Waals surface area contributed by atoms with Crippen molar-refractivity contribution in [2.24, 2.45) is 0 Å². The van der Waals surface area contributed by atoms with E-state index in [0.29, 0.717) is 6.04 Å². The fraction of sp³-hybridized carbons (Fsp3) is 0.900. The smallest absolute Gasteiger partial charge is 0.320 e. The second-order valence-electron chi connectivity index (χ2n) is 4.04. The Morgan fingerprint density at radius 3 is 2.79 bits per heavy atom. The maximum absolute atomic E-state index is 10.8. The molecule has 0 aliphatic carbocycles. The average Bonchev–Trinajstić information content (AvgIpc) is 2.15. The molecule has 1 aliphatic heterocycles. The molecule has 4 nitrogen and oxygen atoms in total. The fourth-order valence-electron chi connectivity index (χ4n) is 1.83. The molecule has 0 amide bonds. The van der Waals surface area contributed by atoms with E-state index in [4.69, 9.17) is 9.84 Å². The third-order valence-corrected chi connectivity index (χ3v) is 3.00. The molecule has 3 atom stereocenters. The topological polar surface area (TPSA) is 49.8 Å². The van der Waals surface area contributed by atoms with E-state index in [9.17, 15) is 4.79 Å². The van der Waals surface area contributed by atoms with Crippen molar-refractivity contribution in [1.82, 2.24) is 4.90 Å². The van der Waals surface area contributed by atoms with E-state index in [2.05, 4.69) is 0 Å². The zero-order valence-electron chi connectivity index (χ0n) is 9.06. The number of nitrogens with zero attached hydrogens (tertiary/aromatic N) is 1. The first kappa shape index (κ1) is 11.5. The zero-order valence-corrected chi connectivity index (χ0v) is 9.06. The Morgan fingerprint density at radius 1 is 1.64 bits per heavy atom. The lowest BCUT2D eigenvalue weighted by Crippen LogP contribution is -2.46. The molecule has 0 aromatic carbocycles. The molecule has 1 fully saturated rings. The largest absolute Gasteiger partial charge is 0.480 e.